The smallest absolute Gasteiger partial charge is 0.237 e. The monoisotopic (exact) mass is 168 g/mol. The van der Waals surface area contributed by atoms with Gasteiger partial charge in [-0.05, 0) is 19.1 Å². The van der Waals surface area contributed by atoms with Gasteiger partial charge in [0, 0.05) is 5.69 Å². The van der Waals surface area contributed by atoms with E-state index in [1.165, 1.54) is 0 Å². The molecule has 0 aromatic carbocycles. The Morgan fingerprint density at radius 1 is 1.33 bits per heavy atom. The second kappa shape index (κ2) is 5.41. The molecule has 1 rings (SSSR count). The molecule has 1 aromatic rings. The molecule has 68 valence electrons. The van der Waals surface area contributed by atoms with Crippen LogP contribution in [0, 0.1) is 6.92 Å². The zero-order chi connectivity index (χ0) is 9.56. The van der Waals surface area contributed by atoms with E-state index in [1.54, 1.807) is 13.2 Å². The quantitative estimate of drug-likeness (QED) is 0.697. The maximum absolute atomic E-state index is 5.51. The minimum atomic E-state index is 0.500. The number of anilines is 1. The maximum Gasteiger partial charge on any atom is 0.237 e. The van der Waals surface area contributed by atoms with Crippen LogP contribution in [0.1, 0.15) is 19.5 Å². The fourth-order valence-corrected chi connectivity index (χ4v) is 0.707. The lowest BCUT2D eigenvalue weighted by Crippen LogP contribution is -1.95. The summed E-state index contributed by atoms with van der Waals surface area (Å²) in [6.07, 6.45) is 0. The van der Waals surface area contributed by atoms with Gasteiger partial charge >= 0.3 is 0 Å². The zero-order valence-corrected chi connectivity index (χ0v) is 8.09. The number of nitrogens with two attached hydrogens (primary N) is 1. The SMILES string of the molecule is CC.COc1nc(C)ccc1N. The molecule has 0 aliphatic carbocycles. The first kappa shape index (κ1) is 10.8. The van der Waals surface area contributed by atoms with Crippen LogP contribution < -0.4 is 10.5 Å². The van der Waals surface area contributed by atoms with Gasteiger partial charge in [-0.3, -0.25) is 0 Å². The molecular weight excluding hydrogens is 152 g/mol. The number of hydrogen-bond acceptors (Lipinski definition) is 3. The summed E-state index contributed by atoms with van der Waals surface area (Å²) in [5, 5.41) is 0. The van der Waals surface area contributed by atoms with E-state index in [2.05, 4.69) is 4.98 Å². The van der Waals surface area contributed by atoms with Crippen LogP contribution in [0.2, 0.25) is 0 Å². The molecule has 3 heteroatoms. The number of pyridine rings is 1. The van der Waals surface area contributed by atoms with Crippen molar-refractivity contribution in [1.29, 1.82) is 0 Å². The van der Waals surface area contributed by atoms with Crippen molar-refractivity contribution in [2.24, 2.45) is 0 Å². The molecule has 0 fully saturated rings. The van der Waals surface area contributed by atoms with E-state index >= 15 is 0 Å². The number of aryl methyl sites for hydroxylation is 1. The standard InChI is InChI=1S/C7H10N2O.C2H6/c1-5-3-4-6(8)7(9-5)10-2;1-2/h3-4H,8H2,1-2H3;1-2H3. The van der Waals surface area contributed by atoms with E-state index in [0.29, 0.717) is 11.6 Å². The van der Waals surface area contributed by atoms with Crippen LogP contribution >= 0.6 is 0 Å². The van der Waals surface area contributed by atoms with Crippen LogP contribution in [-0.2, 0) is 0 Å². The Morgan fingerprint density at radius 3 is 2.33 bits per heavy atom. The van der Waals surface area contributed by atoms with Gasteiger partial charge < -0.3 is 10.5 Å². The molecule has 0 radical (unpaired) electrons. The second-order valence-corrected chi connectivity index (χ2v) is 2.05. The largest absolute Gasteiger partial charge is 0.480 e. The van der Waals surface area contributed by atoms with E-state index < -0.39 is 0 Å². The molecule has 0 aliphatic heterocycles. The minimum absolute atomic E-state index is 0.500. The van der Waals surface area contributed by atoms with E-state index in [-0.39, 0.29) is 0 Å². The van der Waals surface area contributed by atoms with Crippen LogP contribution in [0.5, 0.6) is 5.88 Å². The van der Waals surface area contributed by atoms with Gasteiger partial charge in [0.2, 0.25) is 5.88 Å². The van der Waals surface area contributed by atoms with Gasteiger partial charge in [0.15, 0.2) is 0 Å². The molecule has 0 unspecified atom stereocenters. The topological polar surface area (TPSA) is 48.1 Å². The van der Waals surface area contributed by atoms with Gasteiger partial charge in [0.1, 0.15) is 0 Å². The molecule has 12 heavy (non-hydrogen) atoms. The summed E-state index contributed by atoms with van der Waals surface area (Å²) in [6, 6.07) is 3.62. The molecule has 2 N–H and O–H groups in total. The van der Waals surface area contributed by atoms with Crippen LogP contribution in [0.3, 0.4) is 0 Å². The number of aromatic nitrogens is 1. The summed E-state index contributed by atoms with van der Waals surface area (Å²) in [7, 11) is 1.55. The van der Waals surface area contributed by atoms with Gasteiger partial charge in [0.25, 0.3) is 0 Å². The fourth-order valence-electron chi connectivity index (χ4n) is 0.707. The molecule has 0 aliphatic rings. The van der Waals surface area contributed by atoms with Crippen LogP contribution in [0.4, 0.5) is 5.69 Å². The number of nitrogens with zero attached hydrogens (tertiary/aromatic N) is 1. The third-order valence-electron chi connectivity index (χ3n) is 1.22. The molecular formula is C9H16N2O. The summed E-state index contributed by atoms with van der Waals surface area (Å²) in [5.74, 6) is 0.500. The highest BCUT2D eigenvalue weighted by atomic mass is 16.5. The Kier molecular flexibility index (Phi) is 4.84. The number of nitrogen functional groups attached to an aromatic ring is 1. The first-order valence-electron chi connectivity index (χ1n) is 4.01. The fraction of sp³-hybridized carbons (Fsp3) is 0.444. The molecule has 1 aromatic heterocycles. The average Bonchev–Trinajstić information content (AvgIpc) is 2.13. The first-order chi connectivity index (χ1) is 5.74. The Morgan fingerprint density at radius 2 is 1.92 bits per heavy atom. The average molecular weight is 168 g/mol. The summed E-state index contributed by atoms with van der Waals surface area (Å²) in [6.45, 7) is 5.89. The van der Waals surface area contributed by atoms with Crippen molar-refractivity contribution in [3.8, 4) is 5.88 Å². The van der Waals surface area contributed by atoms with Crippen molar-refractivity contribution in [3.05, 3.63) is 17.8 Å². The van der Waals surface area contributed by atoms with Crippen LogP contribution in [0.15, 0.2) is 12.1 Å². The van der Waals surface area contributed by atoms with E-state index in [1.807, 2.05) is 26.8 Å². The minimum Gasteiger partial charge on any atom is -0.480 e. The molecule has 0 amide bonds. The normalized spacial score (nSPS) is 8.33. The molecule has 0 saturated heterocycles. The van der Waals surface area contributed by atoms with E-state index in [0.717, 1.165) is 5.69 Å². The number of methoxy groups -OCH3 is 1. The van der Waals surface area contributed by atoms with Gasteiger partial charge in [-0.15, -0.1) is 0 Å². The molecule has 1 heterocycles. The van der Waals surface area contributed by atoms with Crippen LogP contribution in [0.25, 0.3) is 0 Å². The van der Waals surface area contributed by atoms with Gasteiger partial charge in [-0.2, -0.15) is 0 Å². The van der Waals surface area contributed by atoms with Gasteiger partial charge in [0.05, 0.1) is 12.8 Å². The van der Waals surface area contributed by atoms with Crippen molar-refractivity contribution >= 4 is 5.69 Å². The van der Waals surface area contributed by atoms with Crippen molar-refractivity contribution in [3.63, 3.8) is 0 Å². The Hall–Kier alpha value is -1.25. The lowest BCUT2D eigenvalue weighted by molar-refractivity contribution is 0.399. The highest BCUT2D eigenvalue weighted by molar-refractivity contribution is 5.47. The van der Waals surface area contributed by atoms with Crippen molar-refractivity contribution in [2.45, 2.75) is 20.8 Å². The van der Waals surface area contributed by atoms with E-state index in [9.17, 15) is 0 Å². The zero-order valence-electron chi connectivity index (χ0n) is 8.09. The number of rotatable bonds is 1. The lowest BCUT2D eigenvalue weighted by atomic mass is 10.3. The molecule has 0 spiro atoms. The predicted octanol–water partition coefficient (Wildman–Crippen LogP) is 2.01. The second-order valence-electron chi connectivity index (χ2n) is 2.05. The van der Waals surface area contributed by atoms with Gasteiger partial charge in [-0.1, -0.05) is 13.8 Å². The molecule has 3 nitrogen and oxygen atoms in total. The summed E-state index contributed by atoms with van der Waals surface area (Å²) < 4.78 is 4.89. The Balaban J connectivity index is 0.000000561. The highest BCUT2D eigenvalue weighted by Crippen LogP contribution is 2.16. The van der Waals surface area contributed by atoms with Crippen molar-refractivity contribution < 1.29 is 4.74 Å². The molecule has 0 atom stereocenters. The van der Waals surface area contributed by atoms with E-state index in [4.69, 9.17) is 10.5 Å². The summed E-state index contributed by atoms with van der Waals surface area (Å²) in [4.78, 5) is 4.04. The number of ether oxygens (including phenoxy) is 1. The third kappa shape index (κ3) is 2.78. The lowest BCUT2D eigenvalue weighted by Gasteiger charge is -2.01. The molecule has 0 saturated carbocycles. The summed E-state index contributed by atoms with van der Waals surface area (Å²) in [5.41, 5.74) is 7.00. The van der Waals surface area contributed by atoms with Gasteiger partial charge in [-0.25, -0.2) is 4.98 Å². The Bertz CT molecular complexity index is 236. The summed E-state index contributed by atoms with van der Waals surface area (Å²) >= 11 is 0. The third-order valence-corrected chi connectivity index (χ3v) is 1.22. The van der Waals surface area contributed by atoms with Crippen molar-refractivity contribution in [2.75, 3.05) is 12.8 Å². The first-order valence-corrected chi connectivity index (χ1v) is 4.01. The highest BCUT2D eigenvalue weighted by Gasteiger charge is 1.97. The van der Waals surface area contributed by atoms with Crippen molar-refractivity contribution in [1.82, 2.24) is 4.98 Å². The predicted molar refractivity (Wildman–Crippen MR) is 51.3 cm³/mol. The maximum atomic E-state index is 5.51. The Labute approximate surface area is 73.6 Å². The van der Waals surface area contributed by atoms with Crippen LogP contribution in [-0.4, -0.2) is 12.1 Å². The molecule has 0 bridgehead atoms. The number of hydrogen-bond donors (Lipinski definition) is 1.